The molecule has 1 atom stereocenters. The third-order valence-corrected chi connectivity index (χ3v) is 1.53. The van der Waals surface area contributed by atoms with Gasteiger partial charge < -0.3 is 11.1 Å². The zero-order chi connectivity index (χ0) is 7.98. The van der Waals surface area contributed by atoms with E-state index < -0.39 is 0 Å². The second-order valence-corrected chi connectivity index (χ2v) is 2.52. The number of hydrogen-bond acceptors (Lipinski definition) is 2. The van der Waals surface area contributed by atoms with Crippen molar-refractivity contribution < 1.29 is 4.79 Å². The first-order valence-corrected chi connectivity index (χ1v) is 3.67. The number of amides is 1. The predicted molar refractivity (Wildman–Crippen MR) is 41.5 cm³/mol. The monoisotopic (exact) mass is 144 g/mol. The van der Waals surface area contributed by atoms with E-state index in [0.29, 0.717) is 5.92 Å². The van der Waals surface area contributed by atoms with E-state index in [9.17, 15) is 4.79 Å². The maximum absolute atomic E-state index is 10.6. The molecular formula is C7H16N2O. The first kappa shape index (κ1) is 9.43. The minimum Gasteiger partial charge on any atom is -0.355 e. The highest BCUT2D eigenvalue weighted by Crippen LogP contribution is 1.96. The van der Waals surface area contributed by atoms with Gasteiger partial charge in [0.15, 0.2) is 0 Å². The summed E-state index contributed by atoms with van der Waals surface area (Å²) in [6.45, 7) is 5.03. The Labute approximate surface area is 62.0 Å². The summed E-state index contributed by atoms with van der Waals surface area (Å²) in [5.41, 5.74) is 5.09. The molecule has 0 saturated carbocycles. The maximum Gasteiger partial charge on any atom is 0.233 e. The molecule has 3 N–H and O–H groups in total. The Hall–Kier alpha value is -0.570. The van der Waals surface area contributed by atoms with E-state index in [0.717, 1.165) is 13.0 Å². The highest BCUT2D eigenvalue weighted by Gasteiger charge is 2.00. The van der Waals surface area contributed by atoms with Gasteiger partial charge in [0.2, 0.25) is 5.91 Å². The third-order valence-electron chi connectivity index (χ3n) is 1.53. The lowest BCUT2D eigenvalue weighted by Crippen LogP contribution is -2.33. The van der Waals surface area contributed by atoms with Crippen LogP contribution in [0.2, 0.25) is 0 Å². The van der Waals surface area contributed by atoms with Gasteiger partial charge in [0.25, 0.3) is 0 Å². The Morgan fingerprint density at radius 3 is 2.70 bits per heavy atom. The van der Waals surface area contributed by atoms with Crippen LogP contribution in [0.5, 0.6) is 0 Å². The van der Waals surface area contributed by atoms with Gasteiger partial charge in [0.05, 0.1) is 6.54 Å². The summed E-state index contributed by atoms with van der Waals surface area (Å²) < 4.78 is 0. The van der Waals surface area contributed by atoms with Gasteiger partial charge in [-0.2, -0.15) is 0 Å². The number of nitrogens with one attached hydrogen (secondary N) is 1. The van der Waals surface area contributed by atoms with Gasteiger partial charge >= 0.3 is 0 Å². The van der Waals surface area contributed by atoms with Crippen molar-refractivity contribution >= 4 is 5.91 Å². The van der Waals surface area contributed by atoms with Gasteiger partial charge in [-0.1, -0.05) is 20.3 Å². The molecule has 0 aromatic rings. The summed E-state index contributed by atoms with van der Waals surface area (Å²) in [7, 11) is 0. The fraction of sp³-hybridized carbons (Fsp3) is 0.857. The van der Waals surface area contributed by atoms with Gasteiger partial charge in [-0.25, -0.2) is 0 Å². The van der Waals surface area contributed by atoms with Crippen molar-refractivity contribution in [1.29, 1.82) is 0 Å². The maximum atomic E-state index is 10.6. The van der Waals surface area contributed by atoms with Crippen molar-refractivity contribution in [3.63, 3.8) is 0 Å². The lowest BCUT2D eigenvalue weighted by atomic mass is 10.1. The molecule has 0 aromatic carbocycles. The summed E-state index contributed by atoms with van der Waals surface area (Å²) >= 11 is 0. The van der Waals surface area contributed by atoms with Crippen LogP contribution < -0.4 is 11.1 Å². The van der Waals surface area contributed by atoms with Gasteiger partial charge in [-0.15, -0.1) is 0 Å². The minimum absolute atomic E-state index is 0.0692. The van der Waals surface area contributed by atoms with Crippen molar-refractivity contribution in [3.8, 4) is 0 Å². The zero-order valence-corrected chi connectivity index (χ0v) is 6.68. The highest BCUT2D eigenvalue weighted by molar-refractivity contribution is 5.77. The highest BCUT2D eigenvalue weighted by atomic mass is 16.1. The molecule has 0 aliphatic rings. The molecule has 1 amide bonds. The molecule has 0 aliphatic heterocycles. The quantitative estimate of drug-likeness (QED) is 0.588. The molecule has 3 heteroatoms. The summed E-state index contributed by atoms with van der Waals surface area (Å²) in [5.74, 6) is 0.482. The molecule has 0 aliphatic carbocycles. The van der Waals surface area contributed by atoms with Crippen LogP contribution in [0.3, 0.4) is 0 Å². The Bertz CT molecular complexity index is 104. The van der Waals surface area contributed by atoms with E-state index in [1.54, 1.807) is 0 Å². The summed E-state index contributed by atoms with van der Waals surface area (Å²) in [4.78, 5) is 10.6. The molecule has 0 fully saturated rings. The van der Waals surface area contributed by atoms with Crippen LogP contribution in [0.25, 0.3) is 0 Å². The molecule has 0 heterocycles. The molecule has 0 bridgehead atoms. The fourth-order valence-corrected chi connectivity index (χ4v) is 0.505. The number of rotatable bonds is 4. The minimum atomic E-state index is -0.0692. The van der Waals surface area contributed by atoms with Gasteiger partial charge in [0.1, 0.15) is 0 Å². The van der Waals surface area contributed by atoms with Crippen LogP contribution in [-0.2, 0) is 4.79 Å². The predicted octanol–water partition coefficient (Wildman–Crippen LogP) is 0.107. The first-order valence-electron chi connectivity index (χ1n) is 3.67. The number of carbonyl (C=O) groups is 1. The number of nitrogens with two attached hydrogens (primary N) is 1. The second kappa shape index (κ2) is 5.23. The Kier molecular flexibility index (Phi) is 4.94. The summed E-state index contributed by atoms with van der Waals surface area (Å²) in [5, 5.41) is 2.72. The van der Waals surface area contributed by atoms with Crippen molar-refractivity contribution in [1.82, 2.24) is 5.32 Å². The normalized spacial score (nSPS) is 12.7. The van der Waals surface area contributed by atoms with Crippen LogP contribution in [-0.4, -0.2) is 19.0 Å². The van der Waals surface area contributed by atoms with Crippen molar-refractivity contribution in [2.24, 2.45) is 11.7 Å². The van der Waals surface area contributed by atoms with Crippen LogP contribution >= 0.6 is 0 Å². The molecule has 60 valence electrons. The van der Waals surface area contributed by atoms with E-state index in [1.807, 2.05) is 0 Å². The van der Waals surface area contributed by atoms with Crippen LogP contribution in [0.1, 0.15) is 20.3 Å². The second-order valence-electron chi connectivity index (χ2n) is 2.52. The van der Waals surface area contributed by atoms with Gasteiger partial charge in [-0.05, 0) is 5.92 Å². The molecule has 0 saturated heterocycles. The third kappa shape index (κ3) is 4.32. The molecule has 1 unspecified atom stereocenters. The topological polar surface area (TPSA) is 55.1 Å². The molecule has 3 nitrogen and oxygen atoms in total. The summed E-state index contributed by atoms with van der Waals surface area (Å²) in [6, 6.07) is 0. The molecule has 0 spiro atoms. The average Bonchev–Trinajstić information content (AvgIpc) is 1.99. The van der Waals surface area contributed by atoms with E-state index in [1.165, 1.54) is 0 Å². The van der Waals surface area contributed by atoms with Crippen LogP contribution in [0.4, 0.5) is 0 Å². The van der Waals surface area contributed by atoms with E-state index in [2.05, 4.69) is 19.2 Å². The standard InChI is InChI=1S/C7H16N2O/c1-3-6(2)5-9-7(10)4-8/h6H,3-5,8H2,1-2H3,(H,9,10). The Morgan fingerprint density at radius 1 is 1.70 bits per heavy atom. The lowest BCUT2D eigenvalue weighted by molar-refractivity contribution is -0.119. The largest absolute Gasteiger partial charge is 0.355 e. The molecule has 0 radical (unpaired) electrons. The number of carbonyl (C=O) groups excluding carboxylic acids is 1. The van der Waals surface area contributed by atoms with Gasteiger partial charge in [0, 0.05) is 6.54 Å². The SMILES string of the molecule is CCC(C)CNC(=O)CN. The Balaban J connectivity index is 3.26. The summed E-state index contributed by atoms with van der Waals surface area (Å²) in [6.07, 6.45) is 1.09. The van der Waals surface area contributed by atoms with E-state index in [-0.39, 0.29) is 12.5 Å². The van der Waals surface area contributed by atoms with Crippen molar-refractivity contribution in [2.45, 2.75) is 20.3 Å². The Morgan fingerprint density at radius 2 is 2.30 bits per heavy atom. The molecule has 0 rings (SSSR count). The zero-order valence-electron chi connectivity index (χ0n) is 6.68. The van der Waals surface area contributed by atoms with Gasteiger partial charge in [-0.3, -0.25) is 4.79 Å². The molecular weight excluding hydrogens is 128 g/mol. The van der Waals surface area contributed by atoms with Crippen LogP contribution in [0, 0.1) is 5.92 Å². The first-order chi connectivity index (χ1) is 4.70. The number of hydrogen-bond donors (Lipinski definition) is 2. The van der Waals surface area contributed by atoms with E-state index >= 15 is 0 Å². The molecule has 10 heavy (non-hydrogen) atoms. The average molecular weight is 144 g/mol. The smallest absolute Gasteiger partial charge is 0.233 e. The van der Waals surface area contributed by atoms with Crippen molar-refractivity contribution in [2.75, 3.05) is 13.1 Å². The fourth-order valence-electron chi connectivity index (χ4n) is 0.505. The molecule has 0 aromatic heterocycles. The van der Waals surface area contributed by atoms with E-state index in [4.69, 9.17) is 5.73 Å². The van der Waals surface area contributed by atoms with Crippen molar-refractivity contribution in [3.05, 3.63) is 0 Å². The lowest BCUT2D eigenvalue weighted by Gasteiger charge is -2.08. The van der Waals surface area contributed by atoms with Crippen LogP contribution in [0.15, 0.2) is 0 Å².